The Kier molecular flexibility index (Phi) is 7.09. The van der Waals surface area contributed by atoms with Crippen molar-refractivity contribution < 1.29 is 18.8 Å². The zero-order valence-electron chi connectivity index (χ0n) is 21.3. The number of nitrogens with zero attached hydrogens (tertiary/aromatic N) is 3. The van der Waals surface area contributed by atoms with Crippen LogP contribution in [-0.2, 0) is 11.3 Å². The number of amides is 2. The molecular weight excluding hydrogens is 491 g/mol. The standard InChI is InChI=1S/C28H31FN4O3S/c1-17-14-33(18(2)13-32(17)15-20-4-7-22(29)8-5-20)27(35)25-19(3)30-24-9-6-21(12-23(24)25)26(34)28(36)31-10-11-37-16-31/h4-9,12,17-18,30H,10-11,13-16H2,1-3H3. The van der Waals surface area contributed by atoms with E-state index in [4.69, 9.17) is 0 Å². The smallest absolute Gasteiger partial charge is 0.295 e. The topological polar surface area (TPSA) is 76.7 Å². The first-order valence-electron chi connectivity index (χ1n) is 12.6. The molecule has 2 unspecified atom stereocenters. The van der Waals surface area contributed by atoms with Crippen LogP contribution in [0.1, 0.15) is 45.8 Å². The summed E-state index contributed by atoms with van der Waals surface area (Å²) in [7, 11) is 0. The molecule has 0 spiro atoms. The van der Waals surface area contributed by atoms with E-state index >= 15 is 0 Å². The number of halogens is 1. The summed E-state index contributed by atoms with van der Waals surface area (Å²) in [5.41, 5.74) is 3.37. The summed E-state index contributed by atoms with van der Waals surface area (Å²) in [6, 6.07) is 11.7. The first-order valence-corrected chi connectivity index (χ1v) is 13.7. The number of carbonyl (C=O) groups excluding carboxylic acids is 3. The molecule has 5 rings (SSSR count). The van der Waals surface area contributed by atoms with Crippen molar-refractivity contribution in [1.29, 1.82) is 0 Å². The highest BCUT2D eigenvalue weighted by molar-refractivity contribution is 7.99. The fourth-order valence-electron chi connectivity index (χ4n) is 5.25. The van der Waals surface area contributed by atoms with Gasteiger partial charge in [0.05, 0.1) is 11.4 Å². The van der Waals surface area contributed by atoms with Crippen LogP contribution in [0.15, 0.2) is 42.5 Å². The zero-order valence-corrected chi connectivity index (χ0v) is 22.1. The number of aromatic nitrogens is 1. The van der Waals surface area contributed by atoms with Gasteiger partial charge in [-0.2, -0.15) is 0 Å². The van der Waals surface area contributed by atoms with Crippen LogP contribution in [0.2, 0.25) is 0 Å². The number of hydrogen-bond donors (Lipinski definition) is 1. The van der Waals surface area contributed by atoms with Gasteiger partial charge in [0.15, 0.2) is 0 Å². The molecule has 1 N–H and O–H groups in total. The molecule has 1 aromatic heterocycles. The Labute approximate surface area is 220 Å². The third-order valence-electron chi connectivity index (χ3n) is 7.37. The van der Waals surface area contributed by atoms with Gasteiger partial charge in [-0.15, -0.1) is 11.8 Å². The summed E-state index contributed by atoms with van der Waals surface area (Å²) < 4.78 is 13.3. The van der Waals surface area contributed by atoms with Crippen LogP contribution in [0.3, 0.4) is 0 Å². The molecule has 2 aliphatic heterocycles. The fraction of sp³-hybridized carbons (Fsp3) is 0.393. The fourth-order valence-corrected chi connectivity index (χ4v) is 6.20. The number of Topliss-reactive ketones (excluding diaryl/α,β-unsaturated/α-hetero) is 1. The van der Waals surface area contributed by atoms with Gasteiger partial charge in [-0.05, 0) is 56.7 Å². The molecule has 2 fully saturated rings. The third-order valence-corrected chi connectivity index (χ3v) is 8.34. The second kappa shape index (κ2) is 10.3. The molecule has 2 aliphatic rings. The minimum absolute atomic E-state index is 0.0347. The van der Waals surface area contributed by atoms with Crippen LogP contribution in [0.4, 0.5) is 4.39 Å². The Balaban J connectivity index is 1.37. The van der Waals surface area contributed by atoms with E-state index in [1.165, 1.54) is 12.1 Å². The van der Waals surface area contributed by atoms with E-state index in [0.717, 1.165) is 22.5 Å². The number of piperazine rings is 1. The van der Waals surface area contributed by atoms with Gasteiger partial charge in [-0.3, -0.25) is 19.3 Å². The van der Waals surface area contributed by atoms with Crippen LogP contribution in [0.25, 0.3) is 10.9 Å². The molecule has 2 saturated heterocycles. The lowest BCUT2D eigenvalue weighted by Crippen LogP contribution is -2.57. The molecule has 9 heteroatoms. The number of benzene rings is 2. The molecule has 3 heterocycles. The lowest BCUT2D eigenvalue weighted by atomic mass is 10.0. The number of carbonyl (C=O) groups is 3. The first-order chi connectivity index (χ1) is 17.7. The maximum absolute atomic E-state index is 13.9. The molecule has 194 valence electrons. The summed E-state index contributed by atoms with van der Waals surface area (Å²) in [5.74, 6) is -0.0116. The van der Waals surface area contributed by atoms with E-state index in [2.05, 4.69) is 16.8 Å². The zero-order chi connectivity index (χ0) is 26.3. The number of rotatable bonds is 5. The number of nitrogens with one attached hydrogen (secondary N) is 1. The maximum atomic E-state index is 13.9. The maximum Gasteiger partial charge on any atom is 0.295 e. The molecule has 7 nitrogen and oxygen atoms in total. The van der Waals surface area contributed by atoms with E-state index in [0.29, 0.717) is 48.6 Å². The quantitative estimate of drug-likeness (QED) is 0.404. The first kappa shape index (κ1) is 25.5. The van der Waals surface area contributed by atoms with Crippen LogP contribution in [-0.4, -0.2) is 80.6 Å². The normalized spacial score (nSPS) is 20.5. The molecule has 2 amide bonds. The molecule has 2 aromatic carbocycles. The van der Waals surface area contributed by atoms with Crippen molar-refractivity contribution in [2.75, 3.05) is 31.3 Å². The monoisotopic (exact) mass is 522 g/mol. The van der Waals surface area contributed by atoms with Crippen molar-refractivity contribution in [3.63, 3.8) is 0 Å². The number of H-pyrrole nitrogens is 1. The van der Waals surface area contributed by atoms with Gasteiger partial charge in [0.25, 0.3) is 11.8 Å². The number of ketones is 1. The Morgan fingerprint density at radius 3 is 2.51 bits per heavy atom. The highest BCUT2D eigenvalue weighted by Gasteiger charge is 2.34. The molecule has 0 radical (unpaired) electrons. The summed E-state index contributed by atoms with van der Waals surface area (Å²) in [6.45, 7) is 8.50. The lowest BCUT2D eigenvalue weighted by molar-refractivity contribution is -0.125. The van der Waals surface area contributed by atoms with Gasteiger partial charge < -0.3 is 14.8 Å². The highest BCUT2D eigenvalue weighted by Crippen LogP contribution is 2.28. The second-order valence-electron chi connectivity index (χ2n) is 10.0. The van der Waals surface area contributed by atoms with E-state index in [-0.39, 0.29) is 23.8 Å². The predicted molar refractivity (Wildman–Crippen MR) is 143 cm³/mol. The molecule has 0 bridgehead atoms. The van der Waals surface area contributed by atoms with Crippen molar-refractivity contribution in [3.8, 4) is 0 Å². The average molecular weight is 523 g/mol. The summed E-state index contributed by atoms with van der Waals surface area (Å²) in [6.07, 6.45) is 0. The van der Waals surface area contributed by atoms with Gasteiger partial charge in [-0.25, -0.2) is 4.39 Å². The van der Waals surface area contributed by atoms with Crippen LogP contribution in [0, 0.1) is 12.7 Å². The lowest BCUT2D eigenvalue weighted by Gasteiger charge is -2.44. The number of aryl methyl sites for hydroxylation is 1. The Hall–Kier alpha value is -3.17. The van der Waals surface area contributed by atoms with Gasteiger partial charge in [0.2, 0.25) is 5.78 Å². The summed E-state index contributed by atoms with van der Waals surface area (Å²) in [5, 5.41) is 0.658. The predicted octanol–water partition coefficient (Wildman–Crippen LogP) is 4.07. The second-order valence-corrected chi connectivity index (χ2v) is 11.1. The minimum atomic E-state index is -0.543. The van der Waals surface area contributed by atoms with Crippen molar-refractivity contribution >= 4 is 40.3 Å². The van der Waals surface area contributed by atoms with Crippen molar-refractivity contribution in [2.24, 2.45) is 0 Å². The summed E-state index contributed by atoms with van der Waals surface area (Å²) >= 11 is 1.63. The minimum Gasteiger partial charge on any atom is -0.358 e. The van der Waals surface area contributed by atoms with Gasteiger partial charge in [0.1, 0.15) is 5.82 Å². The van der Waals surface area contributed by atoms with Crippen molar-refractivity contribution in [2.45, 2.75) is 39.4 Å². The van der Waals surface area contributed by atoms with Crippen molar-refractivity contribution in [3.05, 3.63) is 70.7 Å². The molecule has 0 saturated carbocycles. The average Bonchev–Trinajstić information content (AvgIpc) is 3.53. The molecule has 0 aliphatic carbocycles. The van der Waals surface area contributed by atoms with Crippen LogP contribution < -0.4 is 0 Å². The number of hydrogen-bond acceptors (Lipinski definition) is 5. The number of aromatic amines is 1. The van der Waals surface area contributed by atoms with Gasteiger partial charge in [-0.1, -0.05) is 12.1 Å². The molecular formula is C28H31FN4O3S. The molecule has 2 atom stereocenters. The Morgan fingerprint density at radius 2 is 1.81 bits per heavy atom. The van der Waals surface area contributed by atoms with Gasteiger partial charge >= 0.3 is 0 Å². The van der Waals surface area contributed by atoms with Crippen LogP contribution >= 0.6 is 11.8 Å². The van der Waals surface area contributed by atoms with Crippen LogP contribution in [0.5, 0.6) is 0 Å². The molecule has 3 aromatic rings. The highest BCUT2D eigenvalue weighted by atomic mass is 32.2. The molecule has 37 heavy (non-hydrogen) atoms. The van der Waals surface area contributed by atoms with E-state index < -0.39 is 11.7 Å². The summed E-state index contributed by atoms with van der Waals surface area (Å²) in [4.78, 5) is 48.5. The third kappa shape index (κ3) is 5.02. The van der Waals surface area contributed by atoms with E-state index in [1.807, 2.05) is 18.7 Å². The Bertz CT molecular complexity index is 1350. The van der Waals surface area contributed by atoms with E-state index in [1.54, 1.807) is 47.0 Å². The Morgan fingerprint density at radius 1 is 1.05 bits per heavy atom. The van der Waals surface area contributed by atoms with E-state index in [9.17, 15) is 18.8 Å². The van der Waals surface area contributed by atoms with Crippen molar-refractivity contribution in [1.82, 2.24) is 19.7 Å². The largest absolute Gasteiger partial charge is 0.358 e. The number of thioether (sulfide) groups is 1. The SMILES string of the molecule is Cc1[nH]c2ccc(C(=O)C(=O)N3CCSC3)cc2c1C(=O)N1CC(C)N(Cc2ccc(F)cc2)CC1C. The van der Waals surface area contributed by atoms with Gasteiger partial charge in [0, 0.05) is 66.2 Å². The number of fused-ring (bicyclic) bond motifs is 1.